The molecule has 1 aromatic rings. The van der Waals surface area contributed by atoms with Crippen molar-refractivity contribution in [2.75, 3.05) is 37.3 Å². The fraction of sp³-hybridized carbons (Fsp3) is 0.556. The zero-order chi connectivity index (χ0) is 20.2. The Kier molecular flexibility index (Phi) is 6.94. The van der Waals surface area contributed by atoms with Gasteiger partial charge >= 0.3 is 0 Å². The summed E-state index contributed by atoms with van der Waals surface area (Å²) in [7, 11) is -1.73. The van der Waals surface area contributed by atoms with Crippen LogP contribution in [0.3, 0.4) is 0 Å². The first-order chi connectivity index (χ1) is 12.7. The van der Waals surface area contributed by atoms with Gasteiger partial charge in [0.1, 0.15) is 5.82 Å². The lowest BCUT2D eigenvalue weighted by Crippen LogP contribution is -2.36. The third-order valence-electron chi connectivity index (χ3n) is 4.68. The first-order valence-electron chi connectivity index (χ1n) is 8.94. The normalized spacial score (nSPS) is 17.6. The summed E-state index contributed by atoms with van der Waals surface area (Å²) in [5, 5.41) is 2.73. The van der Waals surface area contributed by atoms with Gasteiger partial charge in [-0.3, -0.25) is 9.59 Å². The van der Waals surface area contributed by atoms with Gasteiger partial charge in [0.15, 0.2) is 0 Å². The number of carbonyl (C=O) groups is 2. The van der Waals surface area contributed by atoms with Crippen LogP contribution in [0.4, 0.5) is 10.1 Å². The molecule has 0 spiro atoms. The van der Waals surface area contributed by atoms with Gasteiger partial charge in [0, 0.05) is 33.1 Å². The minimum atomic E-state index is -3.23. The van der Waals surface area contributed by atoms with E-state index in [-0.39, 0.29) is 36.2 Å². The molecule has 1 atom stereocenters. The first-order valence-corrected chi connectivity index (χ1v) is 10.5. The molecule has 1 aliphatic rings. The molecule has 1 saturated heterocycles. The Hall–Kier alpha value is -2.00. The molecule has 1 heterocycles. The molecule has 7 nitrogen and oxygen atoms in total. The summed E-state index contributed by atoms with van der Waals surface area (Å²) >= 11 is 0. The van der Waals surface area contributed by atoms with Crippen molar-refractivity contribution < 1.29 is 22.4 Å². The standard InChI is InChI=1S/C18H26FN3O4S/c1-4-27(25,26)21(3)9-5-8-20-18(24)14-11-17(23)22(12-14)16-7-6-13(2)10-15(16)19/h6-7,10,14H,4-5,8-9,11-12H2,1-3H3,(H,20,24). The van der Waals surface area contributed by atoms with Crippen LogP contribution in [0, 0.1) is 18.7 Å². The monoisotopic (exact) mass is 399 g/mol. The average Bonchev–Trinajstić information content (AvgIpc) is 3.00. The molecule has 1 aliphatic heterocycles. The van der Waals surface area contributed by atoms with Crippen molar-refractivity contribution in [1.29, 1.82) is 0 Å². The van der Waals surface area contributed by atoms with Crippen LogP contribution in [-0.2, 0) is 19.6 Å². The number of hydrogen-bond donors (Lipinski definition) is 1. The van der Waals surface area contributed by atoms with Gasteiger partial charge in [-0.25, -0.2) is 17.1 Å². The Balaban J connectivity index is 1.85. The highest BCUT2D eigenvalue weighted by molar-refractivity contribution is 7.89. The summed E-state index contributed by atoms with van der Waals surface area (Å²) in [5.41, 5.74) is 0.944. The number of nitrogens with one attached hydrogen (secondary N) is 1. The molecule has 1 fully saturated rings. The van der Waals surface area contributed by atoms with Crippen LogP contribution in [0.25, 0.3) is 0 Å². The fourth-order valence-corrected chi connectivity index (χ4v) is 3.81. The van der Waals surface area contributed by atoms with E-state index in [4.69, 9.17) is 0 Å². The van der Waals surface area contributed by atoms with E-state index in [1.165, 1.54) is 22.3 Å². The Morgan fingerprint density at radius 2 is 2.11 bits per heavy atom. The molecule has 2 amide bonds. The van der Waals surface area contributed by atoms with Gasteiger partial charge in [0.2, 0.25) is 21.8 Å². The van der Waals surface area contributed by atoms with Gasteiger partial charge in [-0.1, -0.05) is 6.07 Å². The minimum Gasteiger partial charge on any atom is -0.356 e. The minimum absolute atomic E-state index is 0.0310. The summed E-state index contributed by atoms with van der Waals surface area (Å²) in [5.74, 6) is -1.56. The predicted octanol–water partition coefficient (Wildman–Crippen LogP) is 1.27. The molecule has 0 bridgehead atoms. The molecular formula is C18H26FN3O4S. The molecular weight excluding hydrogens is 373 g/mol. The van der Waals surface area contributed by atoms with Gasteiger partial charge in [-0.15, -0.1) is 0 Å². The van der Waals surface area contributed by atoms with Crippen LogP contribution in [0.1, 0.15) is 25.3 Å². The van der Waals surface area contributed by atoms with Crippen molar-refractivity contribution in [3.8, 4) is 0 Å². The third-order valence-corrected chi connectivity index (χ3v) is 6.54. The van der Waals surface area contributed by atoms with Crippen LogP contribution in [-0.4, -0.2) is 57.0 Å². The van der Waals surface area contributed by atoms with Gasteiger partial charge in [0.05, 0.1) is 17.4 Å². The number of rotatable bonds is 8. The van der Waals surface area contributed by atoms with E-state index in [2.05, 4.69) is 5.32 Å². The molecule has 9 heteroatoms. The van der Waals surface area contributed by atoms with E-state index in [1.54, 1.807) is 26.0 Å². The van der Waals surface area contributed by atoms with Crippen LogP contribution < -0.4 is 10.2 Å². The smallest absolute Gasteiger partial charge is 0.227 e. The highest BCUT2D eigenvalue weighted by Crippen LogP contribution is 2.28. The van der Waals surface area contributed by atoms with Crippen molar-refractivity contribution in [2.45, 2.75) is 26.7 Å². The Labute approximate surface area is 159 Å². The van der Waals surface area contributed by atoms with Crippen molar-refractivity contribution in [3.63, 3.8) is 0 Å². The number of hydrogen-bond acceptors (Lipinski definition) is 4. The van der Waals surface area contributed by atoms with Gasteiger partial charge in [-0.05, 0) is 38.0 Å². The largest absolute Gasteiger partial charge is 0.356 e. The lowest BCUT2D eigenvalue weighted by Gasteiger charge is -2.18. The number of aryl methyl sites for hydroxylation is 1. The summed E-state index contributed by atoms with van der Waals surface area (Å²) in [6, 6.07) is 4.63. The molecule has 150 valence electrons. The van der Waals surface area contributed by atoms with Crippen LogP contribution >= 0.6 is 0 Å². The summed E-state index contributed by atoms with van der Waals surface area (Å²) in [6.07, 6.45) is 0.502. The second-order valence-electron chi connectivity index (χ2n) is 6.73. The number of benzene rings is 1. The number of amides is 2. The zero-order valence-electron chi connectivity index (χ0n) is 15.9. The number of carbonyl (C=O) groups excluding carboxylic acids is 2. The number of nitrogens with zero attached hydrogens (tertiary/aromatic N) is 2. The average molecular weight is 399 g/mol. The Bertz CT molecular complexity index is 813. The maximum atomic E-state index is 14.1. The lowest BCUT2D eigenvalue weighted by molar-refractivity contribution is -0.126. The number of sulfonamides is 1. The predicted molar refractivity (Wildman–Crippen MR) is 101 cm³/mol. The van der Waals surface area contributed by atoms with Gasteiger partial charge in [0.25, 0.3) is 0 Å². The third kappa shape index (κ3) is 5.26. The van der Waals surface area contributed by atoms with Crippen molar-refractivity contribution in [1.82, 2.24) is 9.62 Å². The molecule has 1 unspecified atom stereocenters. The highest BCUT2D eigenvalue weighted by Gasteiger charge is 2.36. The van der Waals surface area contributed by atoms with Gasteiger partial charge in [-0.2, -0.15) is 0 Å². The van der Waals surface area contributed by atoms with Gasteiger partial charge < -0.3 is 10.2 Å². The van der Waals surface area contributed by atoms with Crippen molar-refractivity contribution in [2.24, 2.45) is 5.92 Å². The summed E-state index contributed by atoms with van der Waals surface area (Å²) < 4.78 is 38.7. The van der Waals surface area contributed by atoms with Crippen LogP contribution in [0.2, 0.25) is 0 Å². The molecule has 0 radical (unpaired) electrons. The molecule has 1 N–H and O–H groups in total. The zero-order valence-corrected chi connectivity index (χ0v) is 16.7. The second-order valence-corrected chi connectivity index (χ2v) is 9.09. The lowest BCUT2D eigenvalue weighted by atomic mass is 10.1. The fourth-order valence-electron chi connectivity index (χ4n) is 2.96. The summed E-state index contributed by atoms with van der Waals surface area (Å²) in [4.78, 5) is 25.8. The highest BCUT2D eigenvalue weighted by atomic mass is 32.2. The van der Waals surface area contributed by atoms with E-state index in [0.717, 1.165) is 5.56 Å². The maximum absolute atomic E-state index is 14.1. The Morgan fingerprint density at radius 3 is 2.74 bits per heavy atom. The van der Waals surface area contributed by atoms with E-state index in [0.29, 0.717) is 19.5 Å². The molecule has 0 saturated carbocycles. The maximum Gasteiger partial charge on any atom is 0.227 e. The quantitative estimate of drug-likeness (QED) is 0.667. The van der Waals surface area contributed by atoms with E-state index in [1.807, 2.05) is 0 Å². The molecule has 0 aliphatic carbocycles. The summed E-state index contributed by atoms with van der Waals surface area (Å²) in [6.45, 7) is 4.09. The number of anilines is 1. The van der Waals surface area contributed by atoms with Crippen molar-refractivity contribution >= 4 is 27.5 Å². The SMILES string of the molecule is CCS(=O)(=O)N(C)CCCNC(=O)C1CC(=O)N(c2ccc(C)cc2F)C1. The van der Waals surface area contributed by atoms with Crippen LogP contribution in [0.5, 0.6) is 0 Å². The number of halogens is 1. The molecule has 2 rings (SSSR count). The van der Waals surface area contributed by atoms with E-state index >= 15 is 0 Å². The topological polar surface area (TPSA) is 86.8 Å². The molecule has 27 heavy (non-hydrogen) atoms. The van der Waals surface area contributed by atoms with Crippen molar-refractivity contribution in [3.05, 3.63) is 29.6 Å². The molecule has 0 aromatic heterocycles. The first kappa shape index (κ1) is 21.3. The second kappa shape index (κ2) is 8.79. The van der Waals surface area contributed by atoms with E-state index in [9.17, 15) is 22.4 Å². The van der Waals surface area contributed by atoms with Crippen LogP contribution in [0.15, 0.2) is 18.2 Å². The van der Waals surface area contributed by atoms with E-state index < -0.39 is 21.8 Å². The molecule has 1 aromatic carbocycles. The Morgan fingerprint density at radius 1 is 1.41 bits per heavy atom.